The van der Waals surface area contributed by atoms with Gasteiger partial charge in [-0.05, 0) is 62.1 Å². The predicted octanol–water partition coefficient (Wildman–Crippen LogP) is 4.47. The Labute approximate surface area is 188 Å². The van der Waals surface area contributed by atoms with Gasteiger partial charge in [-0.2, -0.15) is 0 Å². The molecule has 3 rings (SSSR count). The van der Waals surface area contributed by atoms with Crippen LogP contribution in [0.25, 0.3) is 11.0 Å². The summed E-state index contributed by atoms with van der Waals surface area (Å²) in [7, 11) is 1.51. The minimum atomic E-state index is -0.116. The summed E-state index contributed by atoms with van der Waals surface area (Å²) in [4.78, 5) is 16.4. The number of halogens is 1. The van der Waals surface area contributed by atoms with Crippen molar-refractivity contribution in [3.63, 3.8) is 0 Å². The number of amides is 1. The van der Waals surface area contributed by atoms with Gasteiger partial charge in [0.1, 0.15) is 18.2 Å². The van der Waals surface area contributed by atoms with Crippen LogP contribution in [-0.4, -0.2) is 42.3 Å². The van der Waals surface area contributed by atoms with Gasteiger partial charge in [0.15, 0.2) is 0 Å². The maximum Gasteiger partial charge on any atom is 0.245 e. The van der Waals surface area contributed by atoms with Crippen molar-refractivity contribution in [1.82, 2.24) is 14.9 Å². The highest BCUT2D eigenvalue weighted by Crippen LogP contribution is 2.26. The molecule has 0 fully saturated rings. The second kappa shape index (κ2) is 11.2. The SMILES string of the molecule is COCC(=O)NCCc1nc2ccccc2n1CCCCOc1cc(C)c(Cl)c(C)c1. The van der Waals surface area contributed by atoms with E-state index in [0.29, 0.717) is 19.6 Å². The summed E-state index contributed by atoms with van der Waals surface area (Å²) in [5.74, 6) is 1.72. The van der Waals surface area contributed by atoms with Gasteiger partial charge in [0.25, 0.3) is 0 Å². The zero-order valence-electron chi connectivity index (χ0n) is 18.4. The lowest BCUT2D eigenvalue weighted by atomic mass is 10.1. The number of rotatable bonds is 11. The van der Waals surface area contributed by atoms with Crippen LogP contribution in [0.5, 0.6) is 5.75 Å². The number of imidazole rings is 1. The first kappa shape index (κ1) is 23.1. The smallest absolute Gasteiger partial charge is 0.245 e. The molecule has 2 aromatic carbocycles. The molecule has 1 heterocycles. The Morgan fingerprint density at radius 1 is 1.16 bits per heavy atom. The van der Waals surface area contributed by atoms with Crippen molar-refractivity contribution in [1.29, 1.82) is 0 Å². The molecule has 0 atom stereocenters. The summed E-state index contributed by atoms with van der Waals surface area (Å²) in [5, 5.41) is 3.66. The predicted molar refractivity (Wildman–Crippen MR) is 124 cm³/mol. The third-order valence-electron chi connectivity index (χ3n) is 5.13. The Hall–Kier alpha value is -2.57. The van der Waals surface area contributed by atoms with E-state index >= 15 is 0 Å². The van der Waals surface area contributed by atoms with Crippen LogP contribution in [0.1, 0.15) is 29.8 Å². The van der Waals surface area contributed by atoms with Crippen LogP contribution in [0.4, 0.5) is 0 Å². The lowest BCUT2D eigenvalue weighted by Crippen LogP contribution is -2.29. The minimum Gasteiger partial charge on any atom is -0.494 e. The zero-order valence-corrected chi connectivity index (χ0v) is 19.2. The zero-order chi connectivity index (χ0) is 22.2. The first-order valence-electron chi connectivity index (χ1n) is 10.6. The summed E-state index contributed by atoms with van der Waals surface area (Å²) in [5.41, 5.74) is 4.15. The number of aryl methyl sites for hydroxylation is 3. The van der Waals surface area contributed by atoms with E-state index in [4.69, 9.17) is 26.1 Å². The monoisotopic (exact) mass is 443 g/mol. The van der Waals surface area contributed by atoms with Gasteiger partial charge in [0.05, 0.1) is 17.6 Å². The molecule has 1 N–H and O–H groups in total. The third-order valence-corrected chi connectivity index (χ3v) is 5.73. The van der Waals surface area contributed by atoms with E-state index in [1.165, 1.54) is 7.11 Å². The van der Waals surface area contributed by atoms with Crippen molar-refractivity contribution >= 4 is 28.5 Å². The minimum absolute atomic E-state index is 0.0725. The van der Waals surface area contributed by atoms with E-state index in [1.54, 1.807) is 0 Å². The molecule has 166 valence electrons. The number of aromatic nitrogens is 2. The van der Waals surface area contributed by atoms with Gasteiger partial charge in [0.2, 0.25) is 5.91 Å². The highest BCUT2D eigenvalue weighted by Gasteiger charge is 2.11. The highest BCUT2D eigenvalue weighted by atomic mass is 35.5. The van der Waals surface area contributed by atoms with E-state index in [1.807, 2.05) is 44.2 Å². The van der Waals surface area contributed by atoms with Crippen LogP contribution in [0.3, 0.4) is 0 Å². The molecule has 0 saturated heterocycles. The summed E-state index contributed by atoms with van der Waals surface area (Å²) in [6, 6.07) is 12.1. The Morgan fingerprint density at radius 2 is 1.90 bits per heavy atom. The summed E-state index contributed by atoms with van der Waals surface area (Å²) < 4.78 is 13.0. The van der Waals surface area contributed by atoms with Gasteiger partial charge in [-0.15, -0.1) is 0 Å². The van der Waals surface area contributed by atoms with Gasteiger partial charge in [-0.25, -0.2) is 4.98 Å². The molecule has 0 aliphatic carbocycles. The van der Waals surface area contributed by atoms with Crippen LogP contribution in [-0.2, 0) is 22.5 Å². The van der Waals surface area contributed by atoms with Crippen molar-refractivity contribution in [2.24, 2.45) is 0 Å². The van der Waals surface area contributed by atoms with Crippen LogP contribution < -0.4 is 10.1 Å². The van der Waals surface area contributed by atoms with Crippen molar-refractivity contribution in [3.05, 3.63) is 58.4 Å². The standard InChI is InChI=1S/C24H30ClN3O3/c1-17-14-19(15-18(2)24(17)25)31-13-7-6-12-28-21-9-5-4-8-20(21)27-22(28)10-11-26-23(29)16-30-3/h4-5,8-9,14-15H,6-7,10-13,16H2,1-3H3,(H,26,29). The van der Waals surface area contributed by atoms with E-state index < -0.39 is 0 Å². The summed E-state index contributed by atoms with van der Waals surface area (Å²) in [6.45, 7) is 6.09. The molecule has 0 aliphatic rings. The molecule has 0 saturated carbocycles. The average molecular weight is 444 g/mol. The molecule has 0 aliphatic heterocycles. The number of nitrogens with one attached hydrogen (secondary N) is 1. The van der Waals surface area contributed by atoms with Gasteiger partial charge >= 0.3 is 0 Å². The molecule has 3 aromatic rings. The topological polar surface area (TPSA) is 65.4 Å². The first-order chi connectivity index (χ1) is 15.0. The van der Waals surface area contributed by atoms with Gasteiger partial charge in [-0.1, -0.05) is 23.7 Å². The second-order valence-corrected chi connectivity index (χ2v) is 8.01. The summed E-state index contributed by atoms with van der Waals surface area (Å²) in [6.07, 6.45) is 2.57. The number of hydrogen-bond acceptors (Lipinski definition) is 4. The first-order valence-corrected chi connectivity index (χ1v) is 11.0. The number of carbonyl (C=O) groups is 1. The molecule has 31 heavy (non-hydrogen) atoms. The van der Waals surface area contributed by atoms with E-state index in [9.17, 15) is 4.79 Å². The number of nitrogens with zero attached hydrogens (tertiary/aromatic N) is 2. The number of unbranched alkanes of at least 4 members (excludes halogenated alkanes) is 1. The Morgan fingerprint density at radius 3 is 2.65 bits per heavy atom. The maximum atomic E-state index is 11.6. The normalized spacial score (nSPS) is 11.1. The van der Waals surface area contributed by atoms with E-state index in [-0.39, 0.29) is 12.5 Å². The molecule has 7 heteroatoms. The number of para-hydroxylation sites is 2. The average Bonchev–Trinajstić information content (AvgIpc) is 3.09. The quantitative estimate of drug-likeness (QED) is 0.444. The van der Waals surface area contributed by atoms with E-state index in [0.717, 1.165) is 58.1 Å². The van der Waals surface area contributed by atoms with Crippen LogP contribution in [0.2, 0.25) is 5.02 Å². The fourth-order valence-electron chi connectivity index (χ4n) is 3.61. The van der Waals surface area contributed by atoms with Crippen molar-refractivity contribution in [2.45, 2.75) is 39.7 Å². The Balaban J connectivity index is 1.55. The summed E-state index contributed by atoms with van der Waals surface area (Å²) >= 11 is 6.23. The Kier molecular flexibility index (Phi) is 8.32. The fourth-order valence-corrected chi connectivity index (χ4v) is 3.72. The lowest BCUT2D eigenvalue weighted by molar-refractivity contribution is -0.124. The lowest BCUT2D eigenvalue weighted by Gasteiger charge is -2.12. The number of methoxy groups -OCH3 is 1. The molecule has 0 spiro atoms. The molecular formula is C24H30ClN3O3. The molecule has 0 bridgehead atoms. The van der Waals surface area contributed by atoms with Gasteiger partial charge < -0.3 is 19.4 Å². The number of carbonyl (C=O) groups excluding carboxylic acids is 1. The fraction of sp³-hybridized carbons (Fsp3) is 0.417. The molecule has 1 amide bonds. The number of ether oxygens (including phenoxy) is 2. The van der Waals surface area contributed by atoms with Crippen molar-refractivity contribution in [3.8, 4) is 5.75 Å². The van der Waals surface area contributed by atoms with Gasteiger partial charge in [-0.3, -0.25) is 4.79 Å². The molecule has 0 unspecified atom stereocenters. The molecule has 0 radical (unpaired) electrons. The van der Waals surface area contributed by atoms with Crippen molar-refractivity contribution < 1.29 is 14.3 Å². The van der Waals surface area contributed by atoms with Crippen LogP contribution >= 0.6 is 11.6 Å². The van der Waals surface area contributed by atoms with Crippen molar-refractivity contribution in [2.75, 3.05) is 26.9 Å². The van der Waals surface area contributed by atoms with Crippen LogP contribution in [0, 0.1) is 13.8 Å². The number of fused-ring (bicyclic) bond motifs is 1. The molecular weight excluding hydrogens is 414 g/mol. The second-order valence-electron chi connectivity index (χ2n) is 7.63. The van der Waals surface area contributed by atoms with Gasteiger partial charge in [0, 0.05) is 31.6 Å². The highest BCUT2D eigenvalue weighted by molar-refractivity contribution is 6.32. The molecule has 6 nitrogen and oxygen atoms in total. The third kappa shape index (κ3) is 6.21. The number of hydrogen-bond donors (Lipinski definition) is 1. The van der Waals surface area contributed by atoms with E-state index in [2.05, 4.69) is 16.0 Å². The molecule has 1 aromatic heterocycles. The number of benzene rings is 2. The largest absolute Gasteiger partial charge is 0.494 e. The Bertz CT molecular complexity index is 1010. The van der Waals surface area contributed by atoms with Crippen LogP contribution in [0.15, 0.2) is 36.4 Å². The maximum absolute atomic E-state index is 11.6.